The van der Waals surface area contributed by atoms with Gasteiger partial charge in [0.2, 0.25) is 0 Å². The van der Waals surface area contributed by atoms with Crippen LogP contribution in [0.3, 0.4) is 0 Å². The van der Waals surface area contributed by atoms with Crippen LogP contribution in [0.1, 0.15) is 27.6 Å². The number of thiophene rings is 1. The summed E-state index contributed by atoms with van der Waals surface area (Å²) in [4.78, 5) is 1.37. The fraction of sp³-hybridized carbons (Fsp3) is 0.286. The quantitative estimate of drug-likeness (QED) is 0.850. The first-order chi connectivity index (χ1) is 7.72. The van der Waals surface area contributed by atoms with Crippen LogP contribution in [-0.4, -0.2) is 7.05 Å². The van der Waals surface area contributed by atoms with Gasteiger partial charge in [-0.25, -0.2) is 0 Å². The van der Waals surface area contributed by atoms with Crippen LogP contribution in [0.2, 0.25) is 0 Å². The molecule has 2 rings (SSSR count). The highest BCUT2D eigenvalue weighted by atomic mass is 32.1. The van der Waals surface area contributed by atoms with Crippen LogP contribution in [0.5, 0.6) is 0 Å². The monoisotopic (exact) mass is 231 g/mol. The second-order valence-electron chi connectivity index (χ2n) is 4.10. The summed E-state index contributed by atoms with van der Waals surface area (Å²) < 4.78 is 0. The summed E-state index contributed by atoms with van der Waals surface area (Å²) in [7, 11) is 2.02. The summed E-state index contributed by atoms with van der Waals surface area (Å²) in [6.07, 6.45) is 0. The molecule has 0 saturated carbocycles. The Morgan fingerprint density at radius 2 is 2.00 bits per heavy atom. The van der Waals surface area contributed by atoms with E-state index in [0.717, 1.165) is 0 Å². The zero-order chi connectivity index (χ0) is 11.5. The molecule has 1 atom stereocenters. The standard InChI is InChI=1S/C14H17NS/c1-10-6-7-12(11(2)9-10)14(15-3)13-5-4-8-16-13/h4-9,14-15H,1-3H3. The van der Waals surface area contributed by atoms with Gasteiger partial charge >= 0.3 is 0 Å². The van der Waals surface area contributed by atoms with E-state index in [1.165, 1.54) is 21.6 Å². The van der Waals surface area contributed by atoms with E-state index in [1.54, 1.807) is 11.3 Å². The van der Waals surface area contributed by atoms with Crippen molar-refractivity contribution in [3.8, 4) is 0 Å². The average molecular weight is 231 g/mol. The van der Waals surface area contributed by atoms with Gasteiger partial charge in [-0.15, -0.1) is 11.3 Å². The van der Waals surface area contributed by atoms with E-state index in [4.69, 9.17) is 0 Å². The molecule has 0 spiro atoms. The highest BCUT2D eigenvalue weighted by molar-refractivity contribution is 7.10. The third-order valence-corrected chi connectivity index (χ3v) is 3.79. The van der Waals surface area contributed by atoms with Crippen molar-refractivity contribution >= 4 is 11.3 Å². The van der Waals surface area contributed by atoms with Crippen LogP contribution in [-0.2, 0) is 0 Å². The Bertz CT molecular complexity index is 460. The van der Waals surface area contributed by atoms with Gasteiger partial charge in [-0.05, 0) is 43.5 Å². The maximum atomic E-state index is 3.39. The van der Waals surface area contributed by atoms with Gasteiger partial charge in [0.05, 0.1) is 6.04 Å². The molecule has 84 valence electrons. The molecule has 0 bridgehead atoms. The maximum Gasteiger partial charge on any atom is 0.0671 e. The summed E-state index contributed by atoms with van der Waals surface area (Å²) in [5, 5.41) is 5.52. The minimum Gasteiger partial charge on any atom is -0.309 e. The number of hydrogen-bond acceptors (Lipinski definition) is 2. The molecule has 16 heavy (non-hydrogen) atoms. The van der Waals surface area contributed by atoms with Crippen molar-refractivity contribution < 1.29 is 0 Å². The second-order valence-corrected chi connectivity index (χ2v) is 5.08. The van der Waals surface area contributed by atoms with Gasteiger partial charge in [-0.2, -0.15) is 0 Å². The number of benzene rings is 1. The topological polar surface area (TPSA) is 12.0 Å². The van der Waals surface area contributed by atoms with E-state index >= 15 is 0 Å². The van der Waals surface area contributed by atoms with Gasteiger partial charge in [0.15, 0.2) is 0 Å². The summed E-state index contributed by atoms with van der Waals surface area (Å²) in [5.41, 5.74) is 4.05. The molecule has 1 aromatic heterocycles. The maximum absolute atomic E-state index is 3.39. The van der Waals surface area contributed by atoms with Crippen LogP contribution in [0.4, 0.5) is 0 Å². The Kier molecular flexibility index (Phi) is 3.42. The highest BCUT2D eigenvalue weighted by Crippen LogP contribution is 2.28. The molecule has 1 nitrogen and oxygen atoms in total. The summed E-state index contributed by atoms with van der Waals surface area (Å²) in [5.74, 6) is 0. The lowest BCUT2D eigenvalue weighted by atomic mass is 9.98. The third kappa shape index (κ3) is 2.18. The third-order valence-electron chi connectivity index (χ3n) is 2.85. The van der Waals surface area contributed by atoms with Gasteiger partial charge in [0, 0.05) is 4.88 Å². The van der Waals surface area contributed by atoms with Crippen molar-refractivity contribution in [1.82, 2.24) is 5.32 Å². The molecule has 1 aromatic carbocycles. The Hall–Kier alpha value is -1.12. The highest BCUT2D eigenvalue weighted by Gasteiger charge is 2.14. The molecular formula is C14H17NS. The van der Waals surface area contributed by atoms with Gasteiger partial charge in [-0.1, -0.05) is 29.8 Å². The largest absolute Gasteiger partial charge is 0.309 e. The molecule has 0 saturated heterocycles. The predicted molar refractivity (Wildman–Crippen MR) is 71.1 cm³/mol. The zero-order valence-electron chi connectivity index (χ0n) is 9.95. The number of nitrogens with one attached hydrogen (secondary N) is 1. The molecule has 1 N–H and O–H groups in total. The zero-order valence-corrected chi connectivity index (χ0v) is 10.8. The Balaban J connectivity index is 2.41. The number of rotatable bonds is 3. The molecule has 1 unspecified atom stereocenters. The van der Waals surface area contributed by atoms with Gasteiger partial charge in [0.1, 0.15) is 0 Å². The van der Waals surface area contributed by atoms with E-state index in [9.17, 15) is 0 Å². The molecule has 0 fully saturated rings. The lowest BCUT2D eigenvalue weighted by molar-refractivity contribution is 0.699. The van der Waals surface area contributed by atoms with E-state index in [-0.39, 0.29) is 0 Å². The molecule has 0 amide bonds. The fourth-order valence-corrected chi connectivity index (χ4v) is 2.91. The van der Waals surface area contributed by atoms with Crippen molar-refractivity contribution in [1.29, 1.82) is 0 Å². The fourth-order valence-electron chi connectivity index (χ4n) is 2.06. The first-order valence-electron chi connectivity index (χ1n) is 5.50. The molecule has 0 aliphatic carbocycles. The van der Waals surface area contributed by atoms with Gasteiger partial charge < -0.3 is 5.32 Å². The smallest absolute Gasteiger partial charge is 0.0671 e. The number of hydrogen-bond donors (Lipinski definition) is 1. The van der Waals surface area contributed by atoms with E-state index in [2.05, 4.69) is 54.9 Å². The van der Waals surface area contributed by atoms with Gasteiger partial charge in [0.25, 0.3) is 0 Å². The minimum absolute atomic E-state index is 0.320. The molecule has 1 heterocycles. The van der Waals surface area contributed by atoms with Crippen molar-refractivity contribution in [3.63, 3.8) is 0 Å². The molecule has 2 aromatic rings. The Morgan fingerprint density at radius 1 is 1.19 bits per heavy atom. The Morgan fingerprint density at radius 3 is 2.56 bits per heavy atom. The normalized spacial score (nSPS) is 12.7. The van der Waals surface area contributed by atoms with Crippen LogP contribution in [0.25, 0.3) is 0 Å². The number of aryl methyl sites for hydroxylation is 2. The second kappa shape index (κ2) is 4.81. The van der Waals surface area contributed by atoms with E-state index < -0.39 is 0 Å². The van der Waals surface area contributed by atoms with Crippen molar-refractivity contribution in [2.75, 3.05) is 7.05 Å². The lowest BCUT2D eigenvalue weighted by Gasteiger charge is -2.17. The summed E-state index contributed by atoms with van der Waals surface area (Å²) in [6.45, 7) is 4.32. The van der Waals surface area contributed by atoms with Crippen molar-refractivity contribution in [2.45, 2.75) is 19.9 Å². The van der Waals surface area contributed by atoms with Crippen molar-refractivity contribution in [3.05, 3.63) is 57.3 Å². The predicted octanol–water partition coefficient (Wildman–Crippen LogP) is 3.67. The minimum atomic E-state index is 0.320. The molecule has 2 heteroatoms. The van der Waals surface area contributed by atoms with Crippen molar-refractivity contribution in [2.24, 2.45) is 0 Å². The molecule has 0 aliphatic rings. The first-order valence-corrected chi connectivity index (χ1v) is 6.38. The summed E-state index contributed by atoms with van der Waals surface area (Å²) >= 11 is 1.80. The molecule has 0 radical (unpaired) electrons. The van der Waals surface area contributed by atoms with Crippen LogP contribution in [0.15, 0.2) is 35.7 Å². The van der Waals surface area contributed by atoms with Gasteiger partial charge in [-0.3, -0.25) is 0 Å². The average Bonchev–Trinajstić information content (AvgIpc) is 2.75. The summed E-state index contributed by atoms with van der Waals surface area (Å²) in [6, 6.07) is 11.3. The SMILES string of the molecule is CNC(c1cccs1)c1ccc(C)cc1C. The van der Waals surface area contributed by atoms with E-state index in [1.807, 2.05) is 7.05 Å². The lowest BCUT2D eigenvalue weighted by Crippen LogP contribution is -2.17. The van der Waals surface area contributed by atoms with E-state index in [0.29, 0.717) is 6.04 Å². The van der Waals surface area contributed by atoms with Crippen LogP contribution >= 0.6 is 11.3 Å². The Labute approximate surface area is 101 Å². The molecular weight excluding hydrogens is 214 g/mol. The van der Waals surface area contributed by atoms with Crippen LogP contribution in [0, 0.1) is 13.8 Å². The van der Waals surface area contributed by atoms with Crippen LogP contribution < -0.4 is 5.32 Å². The molecule has 0 aliphatic heterocycles. The first kappa shape index (κ1) is 11.4.